The van der Waals surface area contributed by atoms with Crippen LogP contribution in [0.2, 0.25) is 0 Å². The number of nitrogens with one attached hydrogen (secondary N) is 2. The summed E-state index contributed by atoms with van der Waals surface area (Å²) in [6.07, 6.45) is -1.11. The molecule has 0 fully saturated rings. The maximum Gasteiger partial charge on any atom is 0.390 e. The largest absolute Gasteiger partial charge is 0.390 e. The first-order valence-electron chi connectivity index (χ1n) is 6.86. The quantitative estimate of drug-likeness (QED) is 0.768. The highest BCUT2D eigenvalue weighted by Crippen LogP contribution is 2.23. The lowest BCUT2D eigenvalue weighted by atomic mass is 10.1. The van der Waals surface area contributed by atoms with E-state index in [9.17, 15) is 13.2 Å². The molecule has 1 rings (SSSR count). The van der Waals surface area contributed by atoms with Gasteiger partial charge < -0.3 is 10.6 Å². The van der Waals surface area contributed by atoms with Crippen LogP contribution in [0.25, 0.3) is 0 Å². The lowest BCUT2D eigenvalue weighted by Crippen LogP contribution is -2.17. The first-order chi connectivity index (χ1) is 9.48. The van der Waals surface area contributed by atoms with Crippen LogP contribution in [0.4, 0.5) is 24.8 Å². The van der Waals surface area contributed by atoms with Gasteiger partial charge >= 0.3 is 6.18 Å². The minimum absolute atomic E-state index is 0.176. The van der Waals surface area contributed by atoms with Gasteiger partial charge in [0.05, 0.1) is 6.42 Å². The van der Waals surface area contributed by atoms with Crippen molar-refractivity contribution in [2.45, 2.75) is 45.7 Å². The summed E-state index contributed by atoms with van der Waals surface area (Å²) >= 11 is 0. The summed E-state index contributed by atoms with van der Waals surface area (Å²) in [5.41, 5.74) is 0.852. The van der Waals surface area contributed by atoms with Crippen LogP contribution in [0.15, 0.2) is 6.33 Å². The summed E-state index contributed by atoms with van der Waals surface area (Å²) in [6.45, 7) is 4.65. The predicted octanol–water partition coefficient (Wildman–Crippen LogP) is 3.62. The average molecular weight is 290 g/mol. The molecule has 0 aliphatic heterocycles. The van der Waals surface area contributed by atoms with Crippen molar-refractivity contribution in [3.05, 3.63) is 11.9 Å². The zero-order valence-corrected chi connectivity index (χ0v) is 11.8. The van der Waals surface area contributed by atoms with Crippen molar-refractivity contribution in [3.63, 3.8) is 0 Å². The summed E-state index contributed by atoms with van der Waals surface area (Å²) in [5.74, 6) is 1.20. The highest BCUT2D eigenvalue weighted by molar-refractivity contribution is 5.57. The van der Waals surface area contributed by atoms with Gasteiger partial charge in [-0.1, -0.05) is 20.3 Å². The molecule has 114 valence electrons. The molecule has 0 saturated carbocycles. The Bertz CT molecular complexity index is 407. The van der Waals surface area contributed by atoms with Crippen molar-refractivity contribution in [2.24, 2.45) is 0 Å². The number of hydrogen-bond acceptors (Lipinski definition) is 4. The summed E-state index contributed by atoms with van der Waals surface area (Å²) in [5, 5.41) is 5.94. The molecule has 7 heteroatoms. The van der Waals surface area contributed by atoms with E-state index in [0.717, 1.165) is 31.4 Å². The number of alkyl halides is 3. The van der Waals surface area contributed by atoms with Crippen molar-refractivity contribution >= 4 is 11.6 Å². The predicted molar refractivity (Wildman–Crippen MR) is 74.0 cm³/mol. The zero-order valence-electron chi connectivity index (χ0n) is 11.8. The zero-order chi connectivity index (χ0) is 15.0. The van der Waals surface area contributed by atoms with Gasteiger partial charge in [0, 0.05) is 18.7 Å². The van der Waals surface area contributed by atoms with Gasteiger partial charge in [-0.15, -0.1) is 0 Å². The maximum atomic E-state index is 12.2. The van der Waals surface area contributed by atoms with E-state index >= 15 is 0 Å². The van der Waals surface area contributed by atoms with Gasteiger partial charge in [0.1, 0.15) is 18.0 Å². The molecule has 1 aromatic rings. The van der Waals surface area contributed by atoms with Crippen molar-refractivity contribution in [1.82, 2.24) is 9.97 Å². The fraction of sp³-hybridized carbons (Fsp3) is 0.692. The smallest absolute Gasteiger partial charge is 0.370 e. The molecule has 0 saturated heterocycles. The van der Waals surface area contributed by atoms with Crippen molar-refractivity contribution in [2.75, 3.05) is 23.7 Å². The molecule has 0 aliphatic rings. The van der Waals surface area contributed by atoms with E-state index in [0.29, 0.717) is 11.6 Å². The van der Waals surface area contributed by atoms with Crippen LogP contribution in [-0.2, 0) is 6.42 Å². The van der Waals surface area contributed by atoms with Crippen LogP contribution in [0.5, 0.6) is 0 Å². The van der Waals surface area contributed by atoms with E-state index in [1.54, 1.807) is 0 Å². The Morgan fingerprint density at radius 3 is 2.10 bits per heavy atom. The summed E-state index contributed by atoms with van der Waals surface area (Å²) < 4.78 is 36.5. The number of rotatable bonds is 8. The summed E-state index contributed by atoms with van der Waals surface area (Å²) in [4.78, 5) is 8.22. The second kappa shape index (κ2) is 7.91. The number of anilines is 2. The Morgan fingerprint density at radius 1 is 1.00 bits per heavy atom. The Kier molecular flexibility index (Phi) is 6.54. The number of hydrogen-bond donors (Lipinski definition) is 2. The van der Waals surface area contributed by atoms with E-state index in [4.69, 9.17) is 0 Å². The van der Waals surface area contributed by atoms with Crippen LogP contribution >= 0.6 is 0 Å². The van der Waals surface area contributed by atoms with Crippen LogP contribution < -0.4 is 10.6 Å². The molecule has 0 aromatic carbocycles. The SMILES string of the molecule is CCCNc1ncnc(NCCC(F)(F)F)c1CCC. The lowest BCUT2D eigenvalue weighted by Gasteiger charge is -2.15. The van der Waals surface area contributed by atoms with Crippen LogP contribution in [0.3, 0.4) is 0 Å². The third kappa shape index (κ3) is 5.63. The van der Waals surface area contributed by atoms with Gasteiger partial charge in [-0.2, -0.15) is 13.2 Å². The van der Waals surface area contributed by atoms with E-state index < -0.39 is 12.6 Å². The number of halogens is 3. The molecular weight excluding hydrogens is 269 g/mol. The van der Waals surface area contributed by atoms with E-state index in [-0.39, 0.29) is 6.54 Å². The number of aromatic nitrogens is 2. The molecule has 2 N–H and O–H groups in total. The van der Waals surface area contributed by atoms with E-state index in [1.165, 1.54) is 6.33 Å². The second-order valence-electron chi connectivity index (χ2n) is 4.52. The maximum absolute atomic E-state index is 12.2. The summed E-state index contributed by atoms with van der Waals surface area (Å²) in [6, 6.07) is 0. The number of nitrogens with zero attached hydrogens (tertiary/aromatic N) is 2. The molecule has 0 amide bonds. The molecule has 20 heavy (non-hydrogen) atoms. The molecule has 1 aromatic heterocycles. The molecule has 4 nitrogen and oxygen atoms in total. The first-order valence-corrected chi connectivity index (χ1v) is 6.86. The van der Waals surface area contributed by atoms with E-state index in [1.807, 2.05) is 13.8 Å². The molecule has 0 spiro atoms. The normalized spacial score (nSPS) is 11.4. The average Bonchev–Trinajstić information content (AvgIpc) is 2.37. The van der Waals surface area contributed by atoms with Gasteiger partial charge in [0.25, 0.3) is 0 Å². The van der Waals surface area contributed by atoms with Crippen LogP contribution in [0, 0.1) is 0 Å². The topological polar surface area (TPSA) is 49.8 Å². The molecule has 0 aliphatic carbocycles. The fourth-order valence-corrected chi connectivity index (χ4v) is 1.77. The van der Waals surface area contributed by atoms with Crippen LogP contribution in [-0.4, -0.2) is 29.2 Å². The minimum atomic E-state index is -4.16. The minimum Gasteiger partial charge on any atom is -0.370 e. The van der Waals surface area contributed by atoms with Gasteiger partial charge in [-0.25, -0.2) is 9.97 Å². The van der Waals surface area contributed by atoms with Gasteiger partial charge in [-0.3, -0.25) is 0 Å². The Hall–Kier alpha value is -1.53. The van der Waals surface area contributed by atoms with E-state index in [2.05, 4.69) is 20.6 Å². The van der Waals surface area contributed by atoms with Gasteiger partial charge in [-0.05, 0) is 12.8 Å². The van der Waals surface area contributed by atoms with Crippen molar-refractivity contribution in [3.8, 4) is 0 Å². The molecule has 1 heterocycles. The third-order valence-corrected chi connectivity index (χ3v) is 2.69. The fourth-order valence-electron chi connectivity index (χ4n) is 1.77. The van der Waals surface area contributed by atoms with Gasteiger partial charge in [0.2, 0.25) is 0 Å². The Labute approximate surface area is 117 Å². The highest BCUT2D eigenvalue weighted by Gasteiger charge is 2.26. The summed E-state index contributed by atoms with van der Waals surface area (Å²) in [7, 11) is 0. The molecule has 0 radical (unpaired) electrons. The van der Waals surface area contributed by atoms with Crippen LogP contribution in [0.1, 0.15) is 38.7 Å². The highest BCUT2D eigenvalue weighted by atomic mass is 19.4. The Morgan fingerprint density at radius 2 is 1.60 bits per heavy atom. The Balaban J connectivity index is 2.77. The molecule has 0 unspecified atom stereocenters. The van der Waals surface area contributed by atoms with Crippen molar-refractivity contribution in [1.29, 1.82) is 0 Å². The van der Waals surface area contributed by atoms with Crippen molar-refractivity contribution < 1.29 is 13.2 Å². The molecule has 0 atom stereocenters. The lowest BCUT2D eigenvalue weighted by molar-refractivity contribution is -0.131. The molecule has 0 bridgehead atoms. The molecular formula is C13H21F3N4. The second-order valence-corrected chi connectivity index (χ2v) is 4.52. The monoisotopic (exact) mass is 290 g/mol. The third-order valence-electron chi connectivity index (χ3n) is 2.69. The van der Waals surface area contributed by atoms with Gasteiger partial charge in [0.15, 0.2) is 0 Å². The first kappa shape index (κ1) is 16.5. The standard InChI is InChI=1S/C13H21F3N4/c1-3-5-10-11(17-7-4-2)19-9-20-12(10)18-8-6-13(14,15)16/h9H,3-8H2,1-2H3,(H2,17,18,19,20).